The first kappa shape index (κ1) is 40.4. The smallest absolute Gasteiger partial charge is 0.00979 e. The Kier molecular flexibility index (Phi) is 39.7. The fourth-order valence-electron chi connectivity index (χ4n) is 6.37. The van der Waals surface area contributed by atoms with Crippen LogP contribution in [0.3, 0.4) is 0 Å². The lowest BCUT2D eigenvalue weighted by molar-refractivity contribution is 0.510. The van der Waals surface area contributed by atoms with Gasteiger partial charge in [-0.3, -0.25) is 0 Å². The van der Waals surface area contributed by atoms with Gasteiger partial charge >= 0.3 is 0 Å². The number of thiol groups is 1. The molecule has 0 nitrogen and oxygen atoms in total. The Morgan fingerprint density at radius 2 is 0.325 bits per heavy atom. The molecular weight excluding hydrogens is 500 g/mol. The second-order valence-electron chi connectivity index (χ2n) is 13.5. The summed E-state index contributed by atoms with van der Waals surface area (Å²) in [6.45, 7) is 2.31. The Morgan fingerprint density at radius 3 is 0.450 bits per heavy atom. The summed E-state index contributed by atoms with van der Waals surface area (Å²) >= 11 is 4.29. The van der Waals surface area contributed by atoms with Crippen molar-refractivity contribution in [2.24, 2.45) is 0 Å². The molecule has 0 saturated carbocycles. The molecule has 0 aliphatic heterocycles. The number of unbranched alkanes of at least 4 members (excludes halogenated alkanes) is 36. The molecule has 1 heteroatoms. The van der Waals surface area contributed by atoms with Gasteiger partial charge in [0.2, 0.25) is 0 Å². The number of hydrogen-bond donors (Lipinski definition) is 1. The van der Waals surface area contributed by atoms with E-state index < -0.39 is 0 Å². The molecule has 0 aromatic heterocycles. The third kappa shape index (κ3) is 38.4. The summed E-state index contributed by atoms with van der Waals surface area (Å²) < 4.78 is 0. The summed E-state index contributed by atoms with van der Waals surface area (Å²) in [7, 11) is 0. The Bertz CT molecular complexity index is 368. The molecule has 0 radical (unpaired) electrons. The second-order valence-corrected chi connectivity index (χ2v) is 13.9. The van der Waals surface area contributed by atoms with Gasteiger partial charge in [-0.15, -0.1) is 0 Å². The van der Waals surface area contributed by atoms with Crippen molar-refractivity contribution in [3.05, 3.63) is 0 Å². The zero-order chi connectivity index (χ0) is 28.9. The predicted molar refractivity (Wildman–Crippen MR) is 190 cm³/mol. The van der Waals surface area contributed by atoms with Crippen LogP contribution in [0.1, 0.15) is 244 Å². The Labute approximate surface area is 262 Å². The van der Waals surface area contributed by atoms with E-state index in [1.165, 1.54) is 238 Å². The Morgan fingerprint density at radius 1 is 0.200 bits per heavy atom. The van der Waals surface area contributed by atoms with Crippen molar-refractivity contribution in [3.63, 3.8) is 0 Å². The lowest BCUT2D eigenvalue weighted by Gasteiger charge is -2.05. The van der Waals surface area contributed by atoms with Gasteiger partial charge < -0.3 is 0 Å². The van der Waals surface area contributed by atoms with Crippen LogP contribution in [-0.4, -0.2) is 5.75 Å². The van der Waals surface area contributed by atoms with Gasteiger partial charge in [-0.05, 0) is 12.2 Å². The molecule has 0 aromatic rings. The third-order valence-electron chi connectivity index (χ3n) is 9.26. The average molecular weight is 581 g/mol. The summed E-state index contributed by atoms with van der Waals surface area (Å²) in [5, 5.41) is 0. The fraction of sp³-hybridized carbons (Fsp3) is 1.00. The van der Waals surface area contributed by atoms with Crippen LogP contribution in [0.25, 0.3) is 0 Å². The van der Waals surface area contributed by atoms with Gasteiger partial charge in [-0.25, -0.2) is 0 Å². The number of rotatable bonds is 37. The van der Waals surface area contributed by atoms with Crippen molar-refractivity contribution >= 4 is 12.6 Å². The average Bonchev–Trinajstić information content (AvgIpc) is 2.97. The lowest BCUT2D eigenvalue weighted by Crippen LogP contribution is -1.85. The highest BCUT2D eigenvalue weighted by molar-refractivity contribution is 7.80. The van der Waals surface area contributed by atoms with E-state index in [9.17, 15) is 0 Å². The second kappa shape index (κ2) is 39.4. The molecule has 0 aliphatic rings. The van der Waals surface area contributed by atoms with Crippen LogP contribution >= 0.6 is 12.6 Å². The molecule has 0 heterocycles. The monoisotopic (exact) mass is 581 g/mol. The van der Waals surface area contributed by atoms with Crippen LogP contribution < -0.4 is 0 Å². The van der Waals surface area contributed by atoms with Crippen LogP contribution in [0.4, 0.5) is 0 Å². The Hall–Kier alpha value is 0.350. The Balaban J connectivity index is 3.01. The van der Waals surface area contributed by atoms with Gasteiger partial charge in [0.1, 0.15) is 0 Å². The third-order valence-corrected chi connectivity index (χ3v) is 9.58. The van der Waals surface area contributed by atoms with E-state index in [1.54, 1.807) is 0 Å². The van der Waals surface area contributed by atoms with E-state index >= 15 is 0 Å². The van der Waals surface area contributed by atoms with Crippen molar-refractivity contribution in [2.75, 3.05) is 5.75 Å². The SMILES string of the molecule is CCCCCCCCCCCCCCCCCCCCCCCCCCCCCCCCCCCCCCCS. The summed E-state index contributed by atoms with van der Waals surface area (Å²) in [5.74, 6) is 1.07. The topological polar surface area (TPSA) is 0 Å². The highest BCUT2D eigenvalue weighted by atomic mass is 32.1. The largest absolute Gasteiger partial charge is 0.179 e. The van der Waals surface area contributed by atoms with Gasteiger partial charge in [0.15, 0.2) is 0 Å². The van der Waals surface area contributed by atoms with E-state index in [4.69, 9.17) is 0 Å². The van der Waals surface area contributed by atoms with E-state index in [0.29, 0.717) is 0 Å². The lowest BCUT2D eigenvalue weighted by atomic mass is 10.0. The summed E-state index contributed by atoms with van der Waals surface area (Å²) in [5.41, 5.74) is 0. The van der Waals surface area contributed by atoms with Crippen LogP contribution in [-0.2, 0) is 0 Å². The normalized spacial score (nSPS) is 11.6. The molecule has 0 atom stereocenters. The molecule has 0 saturated heterocycles. The maximum Gasteiger partial charge on any atom is -0.00979 e. The van der Waals surface area contributed by atoms with Crippen molar-refractivity contribution in [3.8, 4) is 0 Å². The quantitative estimate of drug-likeness (QED) is 0.0548. The van der Waals surface area contributed by atoms with Crippen molar-refractivity contribution in [1.82, 2.24) is 0 Å². The van der Waals surface area contributed by atoms with Gasteiger partial charge in [-0.2, -0.15) is 12.6 Å². The fourth-order valence-corrected chi connectivity index (χ4v) is 6.60. The molecule has 0 rings (SSSR count). The van der Waals surface area contributed by atoms with Crippen LogP contribution in [0.2, 0.25) is 0 Å². The molecular formula is C39H80S. The minimum Gasteiger partial charge on any atom is -0.179 e. The molecule has 0 bridgehead atoms. The van der Waals surface area contributed by atoms with E-state index in [0.717, 1.165) is 5.75 Å². The zero-order valence-electron chi connectivity index (χ0n) is 28.3. The zero-order valence-corrected chi connectivity index (χ0v) is 29.2. The molecule has 40 heavy (non-hydrogen) atoms. The molecule has 0 fully saturated rings. The van der Waals surface area contributed by atoms with Crippen LogP contribution in [0, 0.1) is 0 Å². The molecule has 0 aromatic carbocycles. The van der Waals surface area contributed by atoms with Crippen LogP contribution in [0.15, 0.2) is 0 Å². The molecule has 0 amide bonds. The first-order chi connectivity index (χ1) is 19.9. The minimum atomic E-state index is 1.07. The maximum absolute atomic E-state index is 4.29. The first-order valence-corrected chi connectivity index (χ1v) is 20.2. The van der Waals surface area contributed by atoms with Crippen molar-refractivity contribution < 1.29 is 0 Å². The number of hydrogen-bond acceptors (Lipinski definition) is 1. The van der Waals surface area contributed by atoms with E-state index in [2.05, 4.69) is 19.6 Å². The van der Waals surface area contributed by atoms with Gasteiger partial charge in [0.25, 0.3) is 0 Å². The standard InChI is InChI=1S/C39H80S/c1-2-3-4-5-6-7-8-9-10-11-12-13-14-15-16-17-18-19-20-21-22-23-24-25-26-27-28-29-30-31-32-33-34-35-36-37-38-39-40/h40H,2-39H2,1H3. The first-order valence-electron chi connectivity index (χ1n) is 19.5. The molecule has 0 spiro atoms. The van der Waals surface area contributed by atoms with Crippen molar-refractivity contribution in [1.29, 1.82) is 0 Å². The highest BCUT2D eigenvalue weighted by Crippen LogP contribution is 2.17. The van der Waals surface area contributed by atoms with Gasteiger partial charge in [0, 0.05) is 0 Å². The van der Waals surface area contributed by atoms with Gasteiger partial charge in [-0.1, -0.05) is 238 Å². The molecule has 0 unspecified atom stereocenters. The summed E-state index contributed by atoms with van der Waals surface area (Å²) in [6.07, 6.45) is 54.6. The molecule has 242 valence electrons. The molecule has 0 N–H and O–H groups in total. The highest BCUT2D eigenvalue weighted by Gasteiger charge is 1.97. The van der Waals surface area contributed by atoms with Crippen LogP contribution in [0.5, 0.6) is 0 Å². The van der Waals surface area contributed by atoms with E-state index in [1.807, 2.05) is 0 Å². The van der Waals surface area contributed by atoms with E-state index in [-0.39, 0.29) is 0 Å². The maximum atomic E-state index is 4.29. The molecule has 0 aliphatic carbocycles. The minimum absolute atomic E-state index is 1.07. The van der Waals surface area contributed by atoms with Gasteiger partial charge in [0.05, 0.1) is 0 Å². The van der Waals surface area contributed by atoms with Crippen molar-refractivity contribution in [2.45, 2.75) is 244 Å². The summed E-state index contributed by atoms with van der Waals surface area (Å²) in [6, 6.07) is 0. The summed E-state index contributed by atoms with van der Waals surface area (Å²) in [4.78, 5) is 0. The predicted octanol–water partition coefficient (Wildman–Crippen LogP) is 15.4.